The fraction of sp³-hybridized carbons (Fsp3) is 0.350. The van der Waals surface area contributed by atoms with Crippen LogP contribution in [0.15, 0.2) is 36.4 Å². The average Bonchev–Trinajstić information content (AvgIpc) is 2.60. The summed E-state index contributed by atoms with van der Waals surface area (Å²) in [6.07, 6.45) is 0.201. The van der Waals surface area contributed by atoms with Gasteiger partial charge in [0, 0.05) is 18.1 Å². The Bertz CT molecular complexity index is 742. The van der Waals surface area contributed by atoms with Crippen LogP contribution in [0.1, 0.15) is 37.0 Å². The lowest BCUT2D eigenvalue weighted by Crippen LogP contribution is -2.27. The molecule has 5 nitrogen and oxygen atoms in total. The highest BCUT2D eigenvalue weighted by molar-refractivity contribution is 5.91. The zero-order chi connectivity index (χ0) is 18.4. The molecule has 1 amide bonds. The van der Waals surface area contributed by atoms with Crippen molar-refractivity contribution in [3.8, 4) is 11.5 Å². The third-order valence-corrected chi connectivity index (χ3v) is 3.85. The highest BCUT2D eigenvalue weighted by Gasteiger charge is 2.17. The smallest absolute Gasteiger partial charge is 0.250 e. The third-order valence-electron chi connectivity index (χ3n) is 3.85. The van der Waals surface area contributed by atoms with Gasteiger partial charge in [-0.3, -0.25) is 10.0 Å². The van der Waals surface area contributed by atoms with Crippen molar-refractivity contribution in [1.82, 2.24) is 0 Å². The van der Waals surface area contributed by atoms with E-state index in [-0.39, 0.29) is 18.9 Å². The van der Waals surface area contributed by atoms with Crippen LogP contribution in [0, 0.1) is 13.8 Å². The van der Waals surface area contributed by atoms with E-state index in [0.717, 1.165) is 11.3 Å². The fourth-order valence-electron chi connectivity index (χ4n) is 2.52. The second-order valence-electron chi connectivity index (χ2n) is 5.84. The number of hydrogen-bond acceptors (Lipinski definition) is 4. The first-order valence-corrected chi connectivity index (χ1v) is 8.43. The zero-order valence-electron chi connectivity index (χ0n) is 15.2. The minimum absolute atomic E-state index is 0.201. The summed E-state index contributed by atoms with van der Waals surface area (Å²) < 4.78 is 11.4. The summed E-state index contributed by atoms with van der Waals surface area (Å²) in [5, 5.41) is 10.9. The summed E-state index contributed by atoms with van der Waals surface area (Å²) in [4.78, 5) is 11.9. The summed E-state index contributed by atoms with van der Waals surface area (Å²) in [6, 6.07) is 11.2. The minimum atomic E-state index is -0.388. The van der Waals surface area contributed by atoms with E-state index in [4.69, 9.17) is 9.47 Å². The maximum Gasteiger partial charge on any atom is 0.250 e. The fourth-order valence-corrected chi connectivity index (χ4v) is 2.52. The highest BCUT2D eigenvalue weighted by Crippen LogP contribution is 2.28. The van der Waals surface area contributed by atoms with E-state index in [2.05, 4.69) is 0 Å². The molecular weight excluding hydrogens is 318 g/mol. The number of carbonyl (C=O) groups is 1. The standard InChI is InChI=1S/C20H25NO4/c1-5-20(22)21(23)18-12-17(24-6-2)9-8-16(18)13-25-19-10-7-14(3)11-15(19)4/h7-12,23H,5-6,13H2,1-4H3. The monoisotopic (exact) mass is 343 g/mol. The molecule has 1 N–H and O–H groups in total. The lowest BCUT2D eigenvalue weighted by molar-refractivity contribution is -0.123. The molecule has 5 heteroatoms. The molecule has 2 aromatic carbocycles. The lowest BCUT2D eigenvalue weighted by Gasteiger charge is -2.20. The molecule has 0 heterocycles. The van der Waals surface area contributed by atoms with Crippen LogP contribution in [0.5, 0.6) is 11.5 Å². The summed E-state index contributed by atoms with van der Waals surface area (Å²) in [5.41, 5.74) is 3.29. The topological polar surface area (TPSA) is 59.0 Å². The largest absolute Gasteiger partial charge is 0.494 e. The molecule has 0 aliphatic heterocycles. The Hall–Kier alpha value is -2.53. The summed E-state index contributed by atoms with van der Waals surface area (Å²) in [5.74, 6) is 0.980. The van der Waals surface area contributed by atoms with E-state index in [1.54, 1.807) is 25.1 Å². The molecule has 0 unspecified atom stereocenters. The van der Waals surface area contributed by atoms with Gasteiger partial charge in [0.25, 0.3) is 0 Å². The van der Waals surface area contributed by atoms with Gasteiger partial charge < -0.3 is 9.47 Å². The molecule has 0 aliphatic rings. The first-order valence-electron chi connectivity index (χ1n) is 8.43. The molecule has 2 aromatic rings. The Morgan fingerprint density at radius 2 is 1.84 bits per heavy atom. The molecule has 0 radical (unpaired) electrons. The lowest BCUT2D eigenvalue weighted by atomic mass is 10.1. The van der Waals surface area contributed by atoms with E-state index in [0.29, 0.717) is 28.7 Å². The van der Waals surface area contributed by atoms with Crippen LogP contribution in [0.3, 0.4) is 0 Å². The molecule has 0 aliphatic carbocycles. The van der Waals surface area contributed by atoms with Gasteiger partial charge in [0.15, 0.2) is 0 Å². The van der Waals surface area contributed by atoms with Gasteiger partial charge in [0.05, 0.1) is 12.3 Å². The van der Waals surface area contributed by atoms with Crippen molar-refractivity contribution in [2.75, 3.05) is 11.7 Å². The molecule has 0 bridgehead atoms. The van der Waals surface area contributed by atoms with Gasteiger partial charge in [-0.15, -0.1) is 0 Å². The number of amides is 1. The van der Waals surface area contributed by atoms with E-state index in [9.17, 15) is 10.0 Å². The van der Waals surface area contributed by atoms with Crippen molar-refractivity contribution in [2.24, 2.45) is 0 Å². The molecule has 0 saturated heterocycles. The summed E-state index contributed by atoms with van der Waals surface area (Å²) in [6.45, 7) is 8.33. The van der Waals surface area contributed by atoms with E-state index >= 15 is 0 Å². The Kier molecular flexibility index (Phi) is 6.42. The number of carbonyl (C=O) groups excluding carboxylic acids is 1. The SMILES string of the molecule is CCOc1ccc(COc2ccc(C)cc2C)c(N(O)C(=O)CC)c1. The molecule has 2 rings (SSSR count). The van der Waals surface area contributed by atoms with E-state index < -0.39 is 0 Å². The Morgan fingerprint density at radius 1 is 1.08 bits per heavy atom. The van der Waals surface area contributed by atoms with Gasteiger partial charge in [0.2, 0.25) is 5.91 Å². The number of ether oxygens (including phenoxy) is 2. The maximum absolute atomic E-state index is 11.9. The van der Waals surface area contributed by atoms with E-state index in [1.165, 1.54) is 5.56 Å². The number of anilines is 1. The molecule has 0 fully saturated rings. The van der Waals surface area contributed by atoms with Crippen LogP contribution in [0.4, 0.5) is 5.69 Å². The van der Waals surface area contributed by atoms with Crippen LogP contribution in [0.2, 0.25) is 0 Å². The number of nitrogens with zero attached hydrogens (tertiary/aromatic N) is 1. The second kappa shape index (κ2) is 8.53. The maximum atomic E-state index is 11.9. The molecule has 25 heavy (non-hydrogen) atoms. The second-order valence-corrected chi connectivity index (χ2v) is 5.84. The van der Waals surface area contributed by atoms with Gasteiger partial charge in [-0.1, -0.05) is 24.6 Å². The number of aryl methyl sites for hydroxylation is 2. The molecule has 134 valence electrons. The first-order chi connectivity index (χ1) is 12.0. The van der Waals surface area contributed by atoms with E-state index in [1.807, 2.05) is 39.0 Å². The van der Waals surface area contributed by atoms with Crippen LogP contribution < -0.4 is 14.5 Å². The van der Waals surface area contributed by atoms with Crippen LogP contribution in [0.25, 0.3) is 0 Å². The van der Waals surface area contributed by atoms with Gasteiger partial charge >= 0.3 is 0 Å². The van der Waals surface area contributed by atoms with Gasteiger partial charge in [-0.05, 0) is 44.5 Å². The number of hydroxylamine groups is 1. The summed E-state index contributed by atoms with van der Waals surface area (Å²) in [7, 11) is 0. The Balaban J connectivity index is 2.27. The van der Waals surface area contributed by atoms with Gasteiger partial charge in [-0.2, -0.15) is 5.06 Å². The molecule has 0 atom stereocenters. The predicted octanol–water partition coefficient (Wildman–Crippen LogP) is 4.41. The summed E-state index contributed by atoms with van der Waals surface area (Å²) >= 11 is 0. The van der Waals surface area contributed by atoms with Crippen molar-refractivity contribution in [2.45, 2.75) is 40.7 Å². The van der Waals surface area contributed by atoms with Crippen LogP contribution in [-0.4, -0.2) is 17.7 Å². The third kappa shape index (κ3) is 4.73. The first kappa shape index (κ1) is 18.8. The number of rotatable bonds is 7. The molecule has 0 spiro atoms. The quantitative estimate of drug-likeness (QED) is 0.597. The van der Waals surface area contributed by atoms with Crippen molar-refractivity contribution >= 4 is 11.6 Å². The average molecular weight is 343 g/mol. The van der Waals surface area contributed by atoms with Crippen molar-refractivity contribution in [3.05, 3.63) is 53.1 Å². The van der Waals surface area contributed by atoms with Gasteiger partial charge in [-0.25, -0.2) is 0 Å². The Morgan fingerprint density at radius 3 is 2.48 bits per heavy atom. The van der Waals surface area contributed by atoms with Crippen LogP contribution >= 0.6 is 0 Å². The predicted molar refractivity (Wildman–Crippen MR) is 97.4 cm³/mol. The molecule has 0 saturated carbocycles. The zero-order valence-corrected chi connectivity index (χ0v) is 15.2. The normalized spacial score (nSPS) is 10.4. The number of benzene rings is 2. The minimum Gasteiger partial charge on any atom is -0.494 e. The Labute approximate surface area is 148 Å². The van der Waals surface area contributed by atoms with Crippen molar-refractivity contribution in [1.29, 1.82) is 0 Å². The van der Waals surface area contributed by atoms with Crippen LogP contribution in [-0.2, 0) is 11.4 Å². The molecule has 0 aromatic heterocycles. The highest BCUT2D eigenvalue weighted by atomic mass is 16.5. The molecular formula is C20H25NO4. The van der Waals surface area contributed by atoms with Crippen molar-refractivity contribution in [3.63, 3.8) is 0 Å². The number of hydrogen-bond donors (Lipinski definition) is 1. The van der Waals surface area contributed by atoms with Gasteiger partial charge in [0.1, 0.15) is 18.1 Å². The van der Waals surface area contributed by atoms with Crippen molar-refractivity contribution < 1.29 is 19.5 Å².